The van der Waals surface area contributed by atoms with Crippen LogP contribution < -0.4 is 9.47 Å². The Kier molecular flexibility index (Phi) is 10.0. The second-order valence-corrected chi connectivity index (χ2v) is 12.7. The minimum Gasteiger partial charge on any atom is -0.487 e. The molecule has 0 aliphatic heterocycles. The van der Waals surface area contributed by atoms with Crippen LogP contribution in [0.2, 0.25) is 0 Å². The summed E-state index contributed by atoms with van der Waals surface area (Å²) >= 11 is 0. The molecule has 0 aliphatic carbocycles. The number of aliphatic imine (C=N–C) groups is 2. The highest BCUT2D eigenvalue weighted by molar-refractivity contribution is 5.90. The Morgan fingerprint density at radius 1 is 0.396 bits per heavy atom. The van der Waals surface area contributed by atoms with Crippen molar-refractivity contribution < 1.29 is 9.47 Å². The highest BCUT2D eigenvalue weighted by atomic mass is 16.5. The van der Waals surface area contributed by atoms with E-state index in [1.807, 2.05) is 109 Å². The van der Waals surface area contributed by atoms with Crippen molar-refractivity contribution in [1.29, 1.82) is 0 Å². The van der Waals surface area contributed by atoms with Crippen LogP contribution in [0.1, 0.15) is 33.6 Å². The van der Waals surface area contributed by atoms with Gasteiger partial charge in [0, 0.05) is 10.8 Å². The molecule has 6 nitrogen and oxygen atoms in total. The third-order valence-electron chi connectivity index (χ3n) is 8.86. The summed E-state index contributed by atoms with van der Waals surface area (Å²) in [7, 11) is 0. The van der Waals surface area contributed by atoms with Crippen LogP contribution in [0.4, 0.5) is 11.4 Å². The van der Waals surface area contributed by atoms with E-state index in [0.29, 0.717) is 13.2 Å². The normalized spacial score (nSPS) is 11.5. The lowest BCUT2D eigenvalue weighted by molar-refractivity contribution is 0.309. The molecule has 8 aromatic rings. The second kappa shape index (κ2) is 16.0. The van der Waals surface area contributed by atoms with Gasteiger partial charge >= 0.3 is 0 Å². The average molecular weight is 689 g/mol. The first kappa shape index (κ1) is 33.2. The van der Waals surface area contributed by atoms with Gasteiger partial charge in [-0.05, 0) is 77.2 Å². The van der Waals surface area contributed by atoms with Gasteiger partial charge in [-0.3, -0.25) is 9.98 Å². The van der Waals surface area contributed by atoms with E-state index in [1.165, 1.54) is 11.1 Å². The van der Waals surface area contributed by atoms with Crippen molar-refractivity contribution in [2.75, 3.05) is 0 Å². The average Bonchev–Trinajstić information content (AvgIpc) is 3.22. The Bertz CT molecular complexity index is 2340. The summed E-state index contributed by atoms with van der Waals surface area (Å²) in [5.41, 5.74) is 9.56. The van der Waals surface area contributed by atoms with Gasteiger partial charge in [-0.25, -0.2) is 9.97 Å². The smallest absolute Gasteiger partial charge is 0.146 e. The largest absolute Gasteiger partial charge is 0.487 e. The van der Waals surface area contributed by atoms with E-state index in [9.17, 15) is 0 Å². The molecule has 0 N–H and O–H groups in total. The lowest BCUT2D eigenvalue weighted by Gasteiger charge is -2.09. The third-order valence-corrected chi connectivity index (χ3v) is 8.86. The Labute approximate surface area is 308 Å². The Balaban J connectivity index is 0.883. The zero-order valence-electron chi connectivity index (χ0n) is 29.0. The van der Waals surface area contributed by atoms with Crippen LogP contribution in [0.3, 0.4) is 0 Å². The van der Waals surface area contributed by atoms with E-state index in [-0.39, 0.29) is 0 Å². The monoisotopic (exact) mass is 688 g/mol. The van der Waals surface area contributed by atoms with Gasteiger partial charge in [0.15, 0.2) is 0 Å². The zero-order chi connectivity index (χ0) is 35.7. The summed E-state index contributed by atoms with van der Waals surface area (Å²) in [5.74, 6) is 1.51. The fraction of sp³-hybridized carbons (Fsp3) is 0.0638. The maximum absolute atomic E-state index is 6.14. The molecule has 0 atom stereocenters. The van der Waals surface area contributed by atoms with E-state index in [0.717, 1.165) is 73.6 Å². The number of fused-ring (bicyclic) bond motifs is 2. The molecule has 8 rings (SSSR count). The molecule has 0 bridgehead atoms. The molecule has 0 fully saturated rings. The van der Waals surface area contributed by atoms with Crippen molar-refractivity contribution in [1.82, 2.24) is 9.97 Å². The van der Waals surface area contributed by atoms with E-state index in [2.05, 4.69) is 60.7 Å². The molecular formula is C47H36N4O2. The summed E-state index contributed by atoms with van der Waals surface area (Å²) in [6.07, 6.45) is 4.41. The Morgan fingerprint density at radius 2 is 0.830 bits per heavy atom. The van der Waals surface area contributed by atoms with Crippen LogP contribution in [0.25, 0.3) is 21.8 Å². The van der Waals surface area contributed by atoms with Gasteiger partial charge in [0.1, 0.15) is 35.7 Å². The summed E-state index contributed by atoms with van der Waals surface area (Å²) in [4.78, 5) is 19.1. The van der Waals surface area contributed by atoms with Crippen molar-refractivity contribution in [2.45, 2.75) is 19.6 Å². The van der Waals surface area contributed by atoms with Gasteiger partial charge in [0.25, 0.3) is 0 Å². The number of nitrogens with zero attached hydrogens (tertiary/aromatic N) is 4. The van der Waals surface area contributed by atoms with Gasteiger partial charge in [-0.1, -0.05) is 121 Å². The lowest BCUT2D eigenvalue weighted by atomic mass is 10.0. The summed E-state index contributed by atoms with van der Waals surface area (Å²) in [6, 6.07) is 57.0. The van der Waals surface area contributed by atoms with Crippen LogP contribution >= 0.6 is 0 Å². The molecule has 2 aromatic heterocycles. The SMILES string of the molecule is C(=Nc1ccc(Cc2ccc(N=Cc3ccc4cccc(OCc5ccccc5)c4n3)cc2)cc1)c1ccc2cccc(OCc3ccccc3)c2n1. The van der Waals surface area contributed by atoms with Gasteiger partial charge in [-0.2, -0.15) is 0 Å². The molecule has 6 heteroatoms. The maximum atomic E-state index is 6.14. The Hall–Kier alpha value is -6.92. The van der Waals surface area contributed by atoms with E-state index < -0.39 is 0 Å². The standard InChI is InChI=1S/C47H36N4O2/c1-3-9-36(10-4-1)32-52-44-15-7-13-38-21-27-42(50-46(38)44)30-48-40-23-17-34(18-24-40)29-35-19-25-41(26-20-35)49-31-43-28-22-39-14-8-16-45(47(39)51-43)53-33-37-11-5-2-6-12-37/h1-28,30-31H,29,32-33H2. The first-order chi connectivity index (χ1) is 26.2. The van der Waals surface area contributed by atoms with Gasteiger partial charge in [0.05, 0.1) is 35.2 Å². The lowest BCUT2D eigenvalue weighted by Crippen LogP contribution is -1.97. The topological polar surface area (TPSA) is 69.0 Å². The minimum absolute atomic E-state index is 0.488. The molecule has 0 radical (unpaired) electrons. The van der Waals surface area contributed by atoms with Crippen LogP contribution in [0.5, 0.6) is 11.5 Å². The Morgan fingerprint density at radius 3 is 1.26 bits per heavy atom. The van der Waals surface area contributed by atoms with Crippen LogP contribution in [-0.2, 0) is 19.6 Å². The van der Waals surface area contributed by atoms with Gasteiger partial charge < -0.3 is 9.47 Å². The number of pyridine rings is 2. The molecule has 0 amide bonds. The number of aromatic nitrogens is 2. The van der Waals surface area contributed by atoms with E-state index in [4.69, 9.17) is 29.4 Å². The molecule has 0 unspecified atom stereocenters. The predicted molar refractivity (Wildman–Crippen MR) is 215 cm³/mol. The van der Waals surface area contributed by atoms with Crippen molar-refractivity contribution in [2.24, 2.45) is 9.98 Å². The quantitative estimate of drug-likeness (QED) is 0.120. The minimum atomic E-state index is 0.488. The van der Waals surface area contributed by atoms with Crippen molar-refractivity contribution in [3.8, 4) is 11.5 Å². The number of benzene rings is 6. The molecule has 0 saturated carbocycles. The summed E-state index contributed by atoms with van der Waals surface area (Å²) in [6.45, 7) is 0.976. The number of ether oxygens (including phenoxy) is 2. The van der Waals surface area contributed by atoms with Crippen LogP contribution in [0.15, 0.2) is 180 Å². The van der Waals surface area contributed by atoms with E-state index >= 15 is 0 Å². The van der Waals surface area contributed by atoms with Crippen molar-refractivity contribution in [3.63, 3.8) is 0 Å². The van der Waals surface area contributed by atoms with Crippen LogP contribution in [0, 0.1) is 0 Å². The second-order valence-electron chi connectivity index (χ2n) is 12.7. The van der Waals surface area contributed by atoms with Crippen LogP contribution in [-0.4, -0.2) is 22.4 Å². The number of rotatable bonds is 12. The molecule has 6 aromatic carbocycles. The fourth-order valence-electron chi connectivity index (χ4n) is 6.03. The van der Waals surface area contributed by atoms with Gasteiger partial charge in [-0.15, -0.1) is 0 Å². The first-order valence-electron chi connectivity index (χ1n) is 17.6. The number of hydrogen-bond acceptors (Lipinski definition) is 6. The van der Waals surface area contributed by atoms with E-state index in [1.54, 1.807) is 12.4 Å². The fourth-order valence-corrected chi connectivity index (χ4v) is 6.03. The highest BCUT2D eigenvalue weighted by Gasteiger charge is 2.07. The predicted octanol–water partition coefficient (Wildman–Crippen LogP) is 11.0. The van der Waals surface area contributed by atoms with Crippen molar-refractivity contribution in [3.05, 3.63) is 203 Å². The molecule has 0 spiro atoms. The highest BCUT2D eigenvalue weighted by Crippen LogP contribution is 2.27. The van der Waals surface area contributed by atoms with Crippen molar-refractivity contribution >= 4 is 45.6 Å². The molecule has 2 heterocycles. The molecule has 53 heavy (non-hydrogen) atoms. The summed E-state index contributed by atoms with van der Waals surface area (Å²) < 4.78 is 12.3. The van der Waals surface area contributed by atoms with Gasteiger partial charge in [0.2, 0.25) is 0 Å². The zero-order valence-corrected chi connectivity index (χ0v) is 29.0. The molecule has 0 aliphatic rings. The number of hydrogen-bond donors (Lipinski definition) is 0. The maximum Gasteiger partial charge on any atom is 0.146 e. The summed E-state index contributed by atoms with van der Waals surface area (Å²) in [5, 5.41) is 2.05. The molecule has 0 saturated heterocycles. The number of para-hydroxylation sites is 2. The first-order valence-corrected chi connectivity index (χ1v) is 17.6. The third kappa shape index (κ3) is 8.52. The molecule has 256 valence electrons. The molecular weight excluding hydrogens is 653 g/mol.